The lowest BCUT2D eigenvalue weighted by atomic mass is 10.0. The predicted octanol–water partition coefficient (Wildman–Crippen LogP) is 5.01. The fraction of sp³-hybridized carbons (Fsp3) is 0.167. The molecule has 5 heteroatoms. The summed E-state index contributed by atoms with van der Waals surface area (Å²) in [6.07, 6.45) is 1.70. The molecule has 0 aliphatic rings. The second kappa shape index (κ2) is 9.34. The Morgan fingerprint density at radius 3 is 2.41 bits per heavy atom. The Labute approximate surface area is 175 Å². The van der Waals surface area contributed by atoms with Crippen molar-refractivity contribution >= 4 is 29.2 Å². The maximum atomic E-state index is 13.0. The molecule has 3 rings (SSSR count). The number of hydrogen-bond acceptors (Lipinski definition) is 3. The first-order chi connectivity index (χ1) is 13.9. The molecule has 0 saturated carbocycles. The first-order valence-electron chi connectivity index (χ1n) is 9.43. The highest BCUT2D eigenvalue weighted by atomic mass is 32.1. The Balaban J connectivity index is 1.81. The van der Waals surface area contributed by atoms with Crippen LogP contribution in [0.25, 0.3) is 6.08 Å². The van der Waals surface area contributed by atoms with Crippen LogP contribution in [0.5, 0.6) is 0 Å². The van der Waals surface area contributed by atoms with E-state index in [9.17, 15) is 9.59 Å². The van der Waals surface area contributed by atoms with Gasteiger partial charge in [0.05, 0.1) is 6.04 Å². The molecule has 0 spiro atoms. The quantitative estimate of drug-likeness (QED) is 0.567. The van der Waals surface area contributed by atoms with Crippen LogP contribution in [-0.4, -0.2) is 11.8 Å². The van der Waals surface area contributed by atoms with Crippen molar-refractivity contribution in [3.63, 3.8) is 0 Å². The lowest BCUT2D eigenvalue weighted by molar-refractivity contribution is -0.118. The maximum Gasteiger partial charge on any atom is 0.268 e. The first kappa shape index (κ1) is 20.6. The number of carbonyl (C=O) groups excluding carboxylic acids is 2. The van der Waals surface area contributed by atoms with Gasteiger partial charge in [-0.3, -0.25) is 9.59 Å². The lowest BCUT2D eigenvalue weighted by Crippen LogP contribution is -2.36. The van der Waals surface area contributed by atoms with Crippen molar-refractivity contribution in [1.29, 1.82) is 0 Å². The third kappa shape index (κ3) is 5.42. The lowest BCUT2D eigenvalue weighted by Gasteiger charge is -2.18. The Bertz CT molecular complexity index is 1020. The minimum atomic E-state index is -0.324. The van der Waals surface area contributed by atoms with Crippen LogP contribution in [-0.2, 0) is 4.79 Å². The zero-order valence-electron chi connectivity index (χ0n) is 16.7. The van der Waals surface area contributed by atoms with E-state index in [-0.39, 0.29) is 23.6 Å². The van der Waals surface area contributed by atoms with Crippen molar-refractivity contribution < 1.29 is 9.59 Å². The number of carbonyl (C=O) groups is 2. The smallest absolute Gasteiger partial charge is 0.268 e. The third-order valence-electron chi connectivity index (χ3n) is 4.60. The molecule has 0 bridgehead atoms. The molecule has 4 nitrogen and oxygen atoms in total. The van der Waals surface area contributed by atoms with E-state index in [4.69, 9.17) is 0 Å². The average molecular weight is 405 g/mol. The number of hydrogen-bond donors (Lipinski definition) is 2. The van der Waals surface area contributed by atoms with Crippen molar-refractivity contribution in [2.75, 3.05) is 0 Å². The maximum absolute atomic E-state index is 13.0. The van der Waals surface area contributed by atoms with E-state index >= 15 is 0 Å². The molecular formula is C24H24N2O2S. The highest BCUT2D eigenvalue weighted by molar-refractivity contribution is 7.10. The second-order valence-corrected chi connectivity index (χ2v) is 7.93. The van der Waals surface area contributed by atoms with E-state index in [1.807, 2.05) is 56.5 Å². The van der Waals surface area contributed by atoms with Crippen molar-refractivity contribution in [2.24, 2.45) is 0 Å². The van der Waals surface area contributed by atoms with Crippen LogP contribution in [0, 0.1) is 13.8 Å². The number of aryl methyl sites for hydroxylation is 2. The summed E-state index contributed by atoms with van der Waals surface area (Å²) >= 11 is 1.50. The zero-order chi connectivity index (χ0) is 20.8. The predicted molar refractivity (Wildman–Crippen MR) is 119 cm³/mol. The Morgan fingerprint density at radius 2 is 1.76 bits per heavy atom. The van der Waals surface area contributed by atoms with Gasteiger partial charge in [-0.25, -0.2) is 0 Å². The van der Waals surface area contributed by atoms with Crippen molar-refractivity contribution in [3.05, 3.63) is 98.9 Å². The number of amides is 2. The van der Waals surface area contributed by atoms with Crippen LogP contribution in [0.1, 0.15) is 44.9 Å². The molecule has 1 aromatic heterocycles. The van der Waals surface area contributed by atoms with Gasteiger partial charge in [0.25, 0.3) is 11.8 Å². The highest BCUT2D eigenvalue weighted by Gasteiger charge is 2.18. The van der Waals surface area contributed by atoms with Crippen LogP contribution < -0.4 is 10.6 Å². The minimum Gasteiger partial charge on any atom is -0.344 e. The summed E-state index contributed by atoms with van der Waals surface area (Å²) < 4.78 is 0. The van der Waals surface area contributed by atoms with Crippen LogP contribution in [0.15, 0.2) is 71.7 Å². The van der Waals surface area contributed by atoms with Gasteiger partial charge in [0.1, 0.15) is 5.70 Å². The van der Waals surface area contributed by atoms with E-state index in [0.29, 0.717) is 5.56 Å². The van der Waals surface area contributed by atoms with E-state index in [0.717, 1.165) is 16.0 Å². The molecule has 1 atom stereocenters. The van der Waals surface area contributed by atoms with Gasteiger partial charge in [0.15, 0.2) is 0 Å². The largest absolute Gasteiger partial charge is 0.344 e. The number of rotatable bonds is 6. The molecule has 3 aromatic rings. The van der Waals surface area contributed by atoms with Crippen LogP contribution in [0.4, 0.5) is 0 Å². The third-order valence-corrected chi connectivity index (χ3v) is 5.42. The average Bonchev–Trinajstić information content (AvgIpc) is 3.21. The summed E-state index contributed by atoms with van der Waals surface area (Å²) in [6, 6.07) is 18.6. The molecule has 0 aliphatic carbocycles. The number of benzene rings is 2. The number of nitrogens with one attached hydrogen (secondary N) is 2. The van der Waals surface area contributed by atoms with Crippen LogP contribution in [0.2, 0.25) is 0 Å². The molecule has 0 aliphatic heterocycles. The van der Waals surface area contributed by atoms with E-state index in [1.54, 1.807) is 30.3 Å². The van der Waals surface area contributed by atoms with Gasteiger partial charge in [-0.2, -0.15) is 0 Å². The zero-order valence-corrected chi connectivity index (χ0v) is 17.5. The monoisotopic (exact) mass is 404 g/mol. The first-order valence-corrected chi connectivity index (χ1v) is 10.3. The standard InChI is InChI=1S/C24H24N2O2S/c1-16-11-12-21(17(2)14-16)18(3)25-24(28)22(15-20-10-7-13-29-20)26-23(27)19-8-5-4-6-9-19/h4-15,18H,1-3H3,(H,25,28)(H,26,27)/b22-15-/t18-/m0/s1. The van der Waals surface area contributed by atoms with Gasteiger partial charge in [-0.15, -0.1) is 11.3 Å². The van der Waals surface area contributed by atoms with Crippen LogP contribution in [0.3, 0.4) is 0 Å². The molecule has 0 radical (unpaired) electrons. The molecule has 2 aromatic carbocycles. The van der Waals surface area contributed by atoms with Gasteiger partial charge < -0.3 is 10.6 Å². The topological polar surface area (TPSA) is 58.2 Å². The fourth-order valence-corrected chi connectivity index (χ4v) is 3.78. The van der Waals surface area contributed by atoms with Crippen molar-refractivity contribution in [1.82, 2.24) is 10.6 Å². The minimum absolute atomic E-state index is 0.191. The summed E-state index contributed by atoms with van der Waals surface area (Å²) in [5.74, 6) is -0.641. The summed E-state index contributed by atoms with van der Waals surface area (Å²) in [6.45, 7) is 6.02. The molecule has 0 unspecified atom stereocenters. The van der Waals surface area contributed by atoms with Gasteiger partial charge in [-0.1, -0.05) is 48.0 Å². The molecule has 0 saturated heterocycles. The highest BCUT2D eigenvalue weighted by Crippen LogP contribution is 2.20. The summed E-state index contributed by atoms with van der Waals surface area (Å²) in [5, 5.41) is 7.71. The van der Waals surface area contributed by atoms with Crippen molar-refractivity contribution in [2.45, 2.75) is 26.8 Å². The molecule has 1 heterocycles. The fourth-order valence-electron chi connectivity index (χ4n) is 3.12. The molecule has 2 amide bonds. The van der Waals surface area contributed by atoms with Gasteiger partial charge in [-0.05, 0) is 61.6 Å². The molecule has 2 N–H and O–H groups in total. The van der Waals surface area contributed by atoms with E-state index in [2.05, 4.69) is 16.7 Å². The van der Waals surface area contributed by atoms with Gasteiger partial charge >= 0.3 is 0 Å². The Morgan fingerprint density at radius 1 is 1.00 bits per heavy atom. The second-order valence-electron chi connectivity index (χ2n) is 6.95. The molecule has 0 fully saturated rings. The van der Waals surface area contributed by atoms with Gasteiger partial charge in [0, 0.05) is 10.4 Å². The van der Waals surface area contributed by atoms with Crippen molar-refractivity contribution in [3.8, 4) is 0 Å². The molecule has 29 heavy (non-hydrogen) atoms. The van der Waals surface area contributed by atoms with E-state index in [1.165, 1.54) is 16.9 Å². The Kier molecular flexibility index (Phi) is 6.62. The SMILES string of the molecule is Cc1ccc([C@H](C)NC(=O)/C(=C/c2cccs2)NC(=O)c2ccccc2)c(C)c1. The Hall–Kier alpha value is -3.18. The molecular weight excluding hydrogens is 380 g/mol. The number of thiophene rings is 1. The summed E-state index contributed by atoms with van der Waals surface area (Å²) in [5.41, 5.74) is 4.07. The molecule has 148 valence electrons. The van der Waals surface area contributed by atoms with E-state index < -0.39 is 0 Å². The normalized spacial score (nSPS) is 12.3. The summed E-state index contributed by atoms with van der Waals surface area (Å²) in [7, 11) is 0. The summed E-state index contributed by atoms with van der Waals surface area (Å²) in [4.78, 5) is 26.5. The van der Waals surface area contributed by atoms with Crippen LogP contribution >= 0.6 is 11.3 Å². The van der Waals surface area contributed by atoms with Gasteiger partial charge in [0.2, 0.25) is 0 Å².